The van der Waals surface area contributed by atoms with Crippen LogP contribution in [0.3, 0.4) is 0 Å². The fraction of sp³-hybridized carbons (Fsp3) is 0.136. The van der Waals surface area contributed by atoms with E-state index >= 15 is 0 Å². The van der Waals surface area contributed by atoms with Crippen LogP contribution >= 0.6 is 0 Å². The number of hydrogen-bond acceptors (Lipinski definition) is 5. The summed E-state index contributed by atoms with van der Waals surface area (Å²) in [5.74, 6) is 0. The number of rotatable bonds is 22. The molecule has 0 saturated heterocycles. The Morgan fingerprint density at radius 3 is 1.06 bits per heavy atom. The van der Waals surface area contributed by atoms with E-state index in [1.54, 1.807) is 0 Å². The number of imidazole rings is 1. The van der Waals surface area contributed by atoms with Gasteiger partial charge in [0.15, 0.2) is 0 Å². The smallest absolute Gasteiger partial charge is 0.143 e. The molecule has 0 bridgehead atoms. The fourth-order valence-corrected chi connectivity index (χ4v) is 9.91. The van der Waals surface area contributed by atoms with E-state index in [2.05, 4.69) is 211 Å². The lowest BCUT2D eigenvalue weighted by Gasteiger charge is -2.39. The van der Waals surface area contributed by atoms with E-state index in [-0.39, 0.29) is 13.2 Å². The molecular formula is C66H58N2O4. The normalized spacial score (nSPS) is 13.0. The Morgan fingerprint density at radius 1 is 0.361 bits per heavy atom. The Labute approximate surface area is 423 Å². The van der Waals surface area contributed by atoms with Gasteiger partial charge in [-0.3, -0.25) is 0 Å². The molecule has 1 aromatic heterocycles. The monoisotopic (exact) mass is 942 g/mol. The molecule has 6 heteroatoms. The number of hydrogen-bond donors (Lipinski definition) is 0. The van der Waals surface area contributed by atoms with E-state index in [1.165, 1.54) is 0 Å². The first-order valence-corrected chi connectivity index (χ1v) is 24.7. The van der Waals surface area contributed by atoms with Gasteiger partial charge in [0.05, 0.1) is 38.4 Å². The topological polar surface area (TPSA) is 54.7 Å². The maximum atomic E-state index is 7.67. The summed E-state index contributed by atoms with van der Waals surface area (Å²) in [6.45, 7) is 0.984. The van der Waals surface area contributed by atoms with E-state index in [1.807, 2.05) is 79.1 Å². The summed E-state index contributed by atoms with van der Waals surface area (Å²) in [7, 11) is 0. The first-order chi connectivity index (χ1) is 35.7. The second kappa shape index (κ2) is 23.3. The summed E-state index contributed by atoms with van der Waals surface area (Å²) in [5, 5.41) is 0. The molecule has 0 amide bonds. The summed E-state index contributed by atoms with van der Waals surface area (Å²) < 4.78 is 31.8. The van der Waals surface area contributed by atoms with E-state index in [0.717, 1.165) is 50.1 Å². The summed E-state index contributed by atoms with van der Waals surface area (Å²) in [6.07, 6.45) is 1.84. The van der Waals surface area contributed by atoms with Crippen LogP contribution in [0.4, 0.5) is 0 Å². The van der Waals surface area contributed by atoms with Crippen LogP contribution in [0.2, 0.25) is 0 Å². The van der Waals surface area contributed by atoms with E-state index in [4.69, 9.17) is 23.9 Å². The predicted octanol–water partition coefficient (Wildman–Crippen LogP) is 14.2. The number of aromatic nitrogens is 2. The molecule has 6 nitrogen and oxygen atoms in total. The zero-order valence-electron chi connectivity index (χ0n) is 40.2. The maximum absolute atomic E-state index is 7.67. The lowest BCUT2D eigenvalue weighted by atomic mass is 9.77. The highest BCUT2D eigenvalue weighted by Gasteiger charge is 2.43. The molecule has 72 heavy (non-hydrogen) atoms. The van der Waals surface area contributed by atoms with Gasteiger partial charge in [0.1, 0.15) is 29.5 Å². The van der Waals surface area contributed by atoms with Gasteiger partial charge in [0.2, 0.25) is 0 Å². The second-order valence-corrected chi connectivity index (χ2v) is 17.9. The van der Waals surface area contributed by atoms with Crippen LogP contribution < -0.4 is 0 Å². The van der Waals surface area contributed by atoms with Gasteiger partial charge in [-0.25, -0.2) is 4.98 Å². The summed E-state index contributed by atoms with van der Waals surface area (Å²) in [6, 6.07) is 94.1. The SMILES string of the molecule is c1ccc(CO[C@H]([C@H](OCc2ccccc2)c2cn(C(c3ccccc3)(c3ccccc3)c3ccccc3)cn2)[C@@H](COC(c2ccccc2)(c2ccccc2)c2ccccc2)OCc2ccccc2)cc1. The van der Waals surface area contributed by atoms with Gasteiger partial charge in [0.25, 0.3) is 0 Å². The third kappa shape index (κ3) is 10.5. The highest BCUT2D eigenvalue weighted by atomic mass is 16.6. The van der Waals surface area contributed by atoms with Crippen LogP contribution in [-0.2, 0) is 49.9 Å². The van der Waals surface area contributed by atoms with Crippen molar-refractivity contribution >= 4 is 0 Å². The van der Waals surface area contributed by atoms with Crippen molar-refractivity contribution in [3.63, 3.8) is 0 Å². The van der Waals surface area contributed by atoms with Gasteiger partial charge in [-0.2, -0.15) is 0 Å². The maximum Gasteiger partial charge on any atom is 0.143 e. The largest absolute Gasteiger partial charge is 0.368 e. The summed E-state index contributed by atoms with van der Waals surface area (Å²) in [4.78, 5) is 5.36. The van der Waals surface area contributed by atoms with E-state index in [0.29, 0.717) is 18.9 Å². The Bertz CT molecular complexity index is 2930. The molecule has 0 unspecified atom stereocenters. The Morgan fingerprint density at radius 2 is 0.681 bits per heavy atom. The van der Waals surface area contributed by atoms with Crippen molar-refractivity contribution in [1.82, 2.24) is 9.55 Å². The molecule has 0 aliphatic heterocycles. The van der Waals surface area contributed by atoms with Gasteiger partial charge in [-0.05, 0) is 50.1 Å². The quantitative estimate of drug-likeness (QED) is 0.0634. The van der Waals surface area contributed by atoms with Crippen molar-refractivity contribution in [3.05, 3.63) is 341 Å². The van der Waals surface area contributed by atoms with Crippen LogP contribution in [0.5, 0.6) is 0 Å². The van der Waals surface area contributed by atoms with Crippen LogP contribution in [0.25, 0.3) is 0 Å². The van der Waals surface area contributed by atoms with Crippen molar-refractivity contribution < 1.29 is 18.9 Å². The molecule has 0 fully saturated rings. The molecule has 0 saturated carbocycles. The van der Waals surface area contributed by atoms with Gasteiger partial charge >= 0.3 is 0 Å². The molecule has 0 N–H and O–H groups in total. The Hall–Kier alpha value is -7.97. The third-order valence-electron chi connectivity index (χ3n) is 13.4. The zero-order chi connectivity index (χ0) is 48.7. The van der Waals surface area contributed by atoms with Crippen molar-refractivity contribution in [1.29, 1.82) is 0 Å². The summed E-state index contributed by atoms with van der Waals surface area (Å²) in [5.41, 5.74) is 8.11. The molecule has 10 rings (SSSR count). The van der Waals surface area contributed by atoms with Crippen LogP contribution in [0.15, 0.2) is 286 Å². The summed E-state index contributed by atoms with van der Waals surface area (Å²) >= 11 is 0. The Balaban J connectivity index is 1.15. The predicted molar refractivity (Wildman–Crippen MR) is 286 cm³/mol. The molecule has 0 aliphatic rings. The van der Waals surface area contributed by atoms with Crippen LogP contribution in [0, 0.1) is 0 Å². The molecule has 9 aromatic carbocycles. The molecule has 10 aromatic rings. The minimum Gasteiger partial charge on any atom is -0.368 e. The molecular weight excluding hydrogens is 885 g/mol. The standard InChI is InChI=1S/C66H58N2O4/c1-10-28-52(29-11-1)47-69-62(50-72-66(58-40-22-7-23-41-58,59-42-24-8-25-43-59)60-44-26-9-27-45-60)64(71-49-54-32-14-3-15-33-54)63(70-48-53-30-12-2-13-31-53)61-46-68(51-67-61)65(55-34-16-4-17-35-55,56-36-18-5-19-37-56)57-38-20-6-21-39-57/h1-46,51,62-64H,47-50H2/t62-,63-,64+/m1/s1. The average Bonchev–Trinajstić information content (AvgIpc) is 3.96. The van der Waals surface area contributed by atoms with Gasteiger partial charge in [0, 0.05) is 6.20 Å². The molecule has 1 heterocycles. The number of nitrogens with zero attached hydrogens (tertiary/aromatic N) is 2. The van der Waals surface area contributed by atoms with Crippen molar-refractivity contribution in [2.45, 2.75) is 49.3 Å². The lowest BCUT2D eigenvalue weighted by Crippen LogP contribution is -2.44. The molecule has 3 atom stereocenters. The van der Waals surface area contributed by atoms with Crippen molar-refractivity contribution in [2.24, 2.45) is 0 Å². The van der Waals surface area contributed by atoms with E-state index < -0.39 is 29.5 Å². The lowest BCUT2D eigenvalue weighted by molar-refractivity contribution is -0.179. The van der Waals surface area contributed by atoms with Gasteiger partial charge in [-0.15, -0.1) is 0 Å². The molecule has 0 aliphatic carbocycles. The van der Waals surface area contributed by atoms with Gasteiger partial charge < -0.3 is 23.5 Å². The minimum absolute atomic E-state index is 0.110. The van der Waals surface area contributed by atoms with Crippen molar-refractivity contribution in [2.75, 3.05) is 6.61 Å². The van der Waals surface area contributed by atoms with Crippen molar-refractivity contribution in [3.8, 4) is 0 Å². The molecule has 0 radical (unpaired) electrons. The average molecular weight is 943 g/mol. The first kappa shape index (κ1) is 47.7. The highest BCUT2D eigenvalue weighted by Crippen LogP contribution is 2.44. The molecule has 0 spiro atoms. The number of benzene rings is 9. The Kier molecular flexibility index (Phi) is 15.4. The van der Waals surface area contributed by atoms with Gasteiger partial charge in [-0.1, -0.05) is 273 Å². The zero-order valence-corrected chi connectivity index (χ0v) is 40.2. The van der Waals surface area contributed by atoms with Crippen LogP contribution in [0.1, 0.15) is 61.9 Å². The number of ether oxygens (including phenoxy) is 4. The highest BCUT2D eigenvalue weighted by molar-refractivity contribution is 5.51. The second-order valence-electron chi connectivity index (χ2n) is 17.9. The van der Waals surface area contributed by atoms with Crippen LogP contribution in [-0.4, -0.2) is 28.4 Å². The minimum atomic E-state index is -1.04. The third-order valence-corrected chi connectivity index (χ3v) is 13.4. The molecule has 356 valence electrons. The first-order valence-electron chi connectivity index (χ1n) is 24.7. The van der Waals surface area contributed by atoms with E-state index in [9.17, 15) is 0 Å². The fourth-order valence-electron chi connectivity index (χ4n) is 9.91.